The first-order chi connectivity index (χ1) is 20.1. The van der Waals surface area contributed by atoms with Gasteiger partial charge in [0.05, 0.1) is 17.0 Å². The van der Waals surface area contributed by atoms with Gasteiger partial charge in [0.2, 0.25) is 0 Å². The minimum absolute atomic E-state index is 0.0467. The second kappa shape index (κ2) is 14.2. The summed E-state index contributed by atoms with van der Waals surface area (Å²) >= 11 is 0. The summed E-state index contributed by atoms with van der Waals surface area (Å²) in [6, 6.07) is 23.9. The van der Waals surface area contributed by atoms with Crippen LogP contribution in [-0.2, 0) is 29.4 Å². The third-order valence-electron chi connectivity index (χ3n) is 6.67. The van der Waals surface area contributed by atoms with E-state index >= 15 is 0 Å². The number of aliphatic hydroxyl groups is 1. The molecule has 0 fully saturated rings. The second-order valence-corrected chi connectivity index (χ2v) is 11.6. The molecule has 0 radical (unpaired) electrons. The van der Waals surface area contributed by atoms with Crippen LogP contribution < -0.4 is 15.4 Å². The van der Waals surface area contributed by atoms with Crippen molar-refractivity contribution >= 4 is 21.6 Å². The number of aryl methyl sites for hydroxylation is 1. The van der Waals surface area contributed by atoms with E-state index in [9.17, 15) is 27.1 Å². The van der Waals surface area contributed by atoms with E-state index in [0.717, 1.165) is 30.2 Å². The molecule has 4 aromatic rings. The van der Waals surface area contributed by atoms with Crippen LogP contribution in [0, 0.1) is 11.6 Å². The Balaban J connectivity index is 1.48. The predicted molar refractivity (Wildman–Crippen MR) is 159 cm³/mol. The van der Waals surface area contributed by atoms with Crippen molar-refractivity contribution in [2.24, 2.45) is 0 Å². The second-order valence-electron chi connectivity index (χ2n) is 9.93. The predicted octanol–water partition coefficient (Wildman–Crippen LogP) is 4.82. The zero-order chi connectivity index (χ0) is 30.1. The molecule has 10 heteroatoms. The maximum absolute atomic E-state index is 13.9. The molecule has 2 atom stereocenters. The van der Waals surface area contributed by atoms with Crippen LogP contribution in [-0.4, -0.2) is 38.1 Å². The van der Waals surface area contributed by atoms with Gasteiger partial charge in [-0.05, 0) is 72.0 Å². The van der Waals surface area contributed by atoms with Crippen LogP contribution in [0.1, 0.15) is 34.0 Å². The average Bonchev–Trinajstić information content (AvgIpc) is 2.96. The number of hydrogen-bond acceptors (Lipinski definition) is 5. The largest absolute Gasteiger partial charge is 0.390 e. The van der Waals surface area contributed by atoms with Crippen molar-refractivity contribution in [1.29, 1.82) is 0 Å². The van der Waals surface area contributed by atoms with E-state index in [1.165, 1.54) is 42.0 Å². The minimum Gasteiger partial charge on any atom is -0.390 e. The molecule has 7 nitrogen and oxygen atoms in total. The van der Waals surface area contributed by atoms with Gasteiger partial charge in [-0.3, -0.25) is 9.52 Å². The Morgan fingerprint density at radius 2 is 1.52 bits per heavy atom. The van der Waals surface area contributed by atoms with Crippen LogP contribution in [0.4, 0.5) is 14.5 Å². The molecular formula is C32H33F2N3O4S. The van der Waals surface area contributed by atoms with Gasteiger partial charge in [-0.2, -0.15) is 0 Å². The molecule has 0 aromatic heterocycles. The molecule has 2 unspecified atom stereocenters. The van der Waals surface area contributed by atoms with Crippen molar-refractivity contribution in [1.82, 2.24) is 10.6 Å². The summed E-state index contributed by atoms with van der Waals surface area (Å²) in [4.78, 5) is 13.3. The number of amides is 1. The van der Waals surface area contributed by atoms with Gasteiger partial charge in [-0.15, -0.1) is 0 Å². The van der Waals surface area contributed by atoms with Crippen LogP contribution in [0.2, 0.25) is 0 Å². The number of nitrogens with one attached hydrogen (secondary N) is 3. The number of anilines is 1. The molecule has 42 heavy (non-hydrogen) atoms. The molecule has 0 bridgehead atoms. The molecule has 0 saturated carbocycles. The first kappa shape index (κ1) is 30.8. The van der Waals surface area contributed by atoms with Gasteiger partial charge in [0, 0.05) is 30.4 Å². The van der Waals surface area contributed by atoms with E-state index in [-0.39, 0.29) is 34.7 Å². The van der Waals surface area contributed by atoms with Crippen LogP contribution in [0.3, 0.4) is 0 Å². The Hall–Kier alpha value is -4.12. The van der Waals surface area contributed by atoms with Gasteiger partial charge in [0.25, 0.3) is 15.9 Å². The Labute approximate surface area is 244 Å². The van der Waals surface area contributed by atoms with E-state index in [1.807, 2.05) is 18.2 Å². The van der Waals surface area contributed by atoms with Crippen molar-refractivity contribution in [3.8, 4) is 0 Å². The third-order valence-corrected chi connectivity index (χ3v) is 8.07. The van der Waals surface area contributed by atoms with Crippen molar-refractivity contribution in [3.05, 3.63) is 131 Å². The first-order valence-electron chi connectivity index (χ1n) is 13.5. The number of sulfonamides is 1. The molecule has 0 saturated heterocycles. The number of rotatable bonds is 13. The SMILES string of the molecule is CCc1cccc(CNCC(O)C(Cc2cc(F)cc(F)c2)NC(=O)c2cccc(NS(=O)(=O)c3ccccc3)c2)c1. The highest BCUT2D eigenvalue weighted by molar-refractivity contribution is 7.92. The number of benzene rings is 4. The quantitative estimate of drug-likeness (QED) is 0.178. The molecule has 220 valence electrons. The Morgan fingerprint density at radius 1 is 0.833 bits per heavy atom. The van der Waals surface area contributed by atoms with E-state index in [4.69, 9.17) is 0 Å². The molecule has 0 heterocycles. The Bertz CT molecular complexity index is 1600. The highest BCUT2D eigenvalue weighted by Gasteiger charge is 2.23. The number of hydrogen-bond donors (Lipinski definition) is 4. The molecule has 4 N–H and O–H groups in total. The lowest BCUT2D eigenvalue weighted by molar-refractivity contribution is 0.0830. The first-order valence-corrected chi connectivity index (χ1v) is 15.0. The maximum atomic E-state index is 13.9. The monoisotopic (exact) mass is 593 g/mol. The average molecular weight is 594 g/mol. The zero-order valence-corrected chi connectivity index (χ0v) is 23.9. The summed E-state index contributed by atoms with van der Waals surface area (Å²) < 4.78 is 55.7. The molecule has 0 spiro atoms. The Kier molecular flexibility index (Phi) is 10.4. The maximum Gasteiger partial charge on any atom is 0.261 e. The fourth-order valence-electron chi connectivity index (χ4n) is 4.52. The van der Waals surface area contributed by atoms with Gasteiger partial charge >= 0.3 is 0 Å². The van der Waals surface area contributed by atoms with Gasteiger partial charge < -0.3 is 15.7 Å². The number of carbonyl (C=O) groups is 1. The Morgan fingerprint density at radius 3 is 2.24 bits per heavy atom. The summed E-state index contributed by atoms with van der Waals surface area (Å²) in [5, 5.41) is 17.0. The number of aliphatic hydroxyl groups excluding tert-OH is 1. The van der Waals surface area contributed by atoms with Crippen molar-refractivity contribution in [2.45, 2.75) is 43.4 Å². The summed E-state index contributed by atoms with van der Waals surface area (Å²) in [5.74, 6) is -2.12. The summed E-state index contributed by atoms with van der Waals surface area (Å²) in [6.07, 6.45) is -0.270. The van der Waals surface area contributed by atoms with Crippen LogP contribution >= 0.6 is 0 Å². The zero-order valence-electron chi connectivity index (χ0n) is 23.1. The fourth-order valence-corrected chi connectivity index (χ4v) is 5.59. The topological polar surface area (TPSA) is 108 Å². The van der Waals surface area contributed by atoms with E-state index in [2.05, 4.69) is 28.3 Å². The van der Waals surface area contributed by atoms with E-state index in [1.54, 1.807) is 18.2 Å². The lowest BCUT2D eigenvalue weighted by Gasteiger charge is -2.25. The fraction of sp³-hybridized carbons (Fsp3) is 0.219. The van der Waals surface area contributed by atoms with Gasteiger partial charge in [-0.1, -0.05) is 55.5 Å². The molecule has 0 aliphatic carbocycles. The normalized spacial score (nSPS) is 12.9. The molecule has 0 aliphatic rings. The van der Waals surface area contributed by atoms with Crippen LogP contribution in [0.25, 0.3) is 0 Å². The lowest BCUT2D eigenvalue weighted by atomic mass is 10.00. The van der Waals surface area contributed by atoms with Crippen molar-refractivity contribution in [3.63, 3.8) is 0 Å². The lowest BCUT2D eigenvalue weighted by Crippen LogP contribution is -2.48. The standard InChI is InChI=1S/C32H33F2N3O4S/c1-2-22-8-6-9-23(14-22)20-35-21-31(38)30(17-24-15-26(33)19-27(34)16-24)36-32(39)25-10-7-11-28(18-25)37-42(40,41)29-12-4-3-5-13-29/h3-16,18-19,30-31,35,37-38H,2,17,20-21H2,1H3,(H,36,39). The molecule has 0 aliphatic heterocycles. The van der Waals surface area contributed by atoms with Gasteiger partial charge in [0.1, 0.15) is 11.6 Å². The van der Waals surface area contributed by atoms with Crippen LogP contribution in [0.5, 0.6) is 0 Å². The number of carbonyl (C=O) groups excluding carboxylic acids is 1. The summed E-state index contributed by atoms with van der Waals surface area (Å²) in [7, 11) is -3.88. The van der Waals surface area contributed by atoms with Crippen LogP contribution in [0.15, 0.2) is 102 Å². The summed E-state index contributed by atoms with van der Waals surface area (Å²) in [5.41, 5.74) is 2.78. The smallest absolute Gasteiger partial charge is 0.261 e. The molecule has 1 amide bonds. The van der Waals surface area contributed by atoms with Crippen molar-refractivity contribution < 1.29 is 27.1 Å². The molecular weight excluding hydrogens is 560 g/mol. The minimum atomic E-state index is -3.88. The van der Waals surface area contributed by atoms with Gasteiger partial charge in [-0.25, -0.2) is 17.2 Å². The number of halogens is 2. The summed E-state index contributed by atoms with van der Waals surface area (Å²) in [6.45, 7) is 2.63. The molecule has 4 rings (SSSR count). The molecule has 4 aromatic carbocycles. The van der Waals surface area contributed by atoms with E-state index < -0.39 is 39.7 Å². The highest BCUT2D eigenvalue weighted by atomic mass is 32.2. The highest BCUT2D eigenvalue weighted by Crippen LogP contribution is 2.18. The van der Waals surface area contributed by atoms with Crippen molar-refractivity contribution in [2.75, 3.05) is 11.3 Å². The van der Waals surface area contributed by atoms with E-state index in [0.29, 0.717) is 6.54 Å². The van der Waals surface area contributed by atoms with Gasteiger partial charge in [0.15, 0.2) is 0 Å². The third kappa shape index (κ3) is 8.69.